The number of rotatable bonds is 3. The van der Waals surface area contributed by atoms with Crippen molar-refractivity contribution in [1.82, 2.24) is 5.43 Å². The molecule has 78 valence electrons. The quantitative estimate of drug-likeness (QED) is 0.671. The van der Waals surface area contributed by atoms with Gasteiger partial charge in [-0.1, -0.05) is 34.1 Å². The molecule has 15 heavy (non-hydrogen) atoms. The van der Waals surface area contributed by atoms with E-state index in [-0.39, 0.29) is 6.04 Å². The first-order chi connectivity index (χ1) is 7.31. The number of benzene rings is 1. The zero-order valence-corrected chi connectivity index (χ0v) is 10.4. The van der Waals surface area contributed by atoms with Crippen molar-refractivity contribution < 1.29 is 0 Å². The molecule has 0 saturated heterocycles. The number of hydrazine groups is 1. The smallest absolute Gasteiger partial charge is 0.0802 e. The zero-order chi connectivity index (χ0) is 10.7. The third-order valence-electron chi connectivity index (χ3n) is 2.18. The monoisotopic (exact) mass is 282 g/mol. The Kier molecular flexibility index (Phi) is 3.53. The van der Waals surface area contributed by atoms with Gasteiger partial charge in [0.1, 0.15) is 0 Å². The summed E-state index contributed by atoms with van der Waals surface area (Å²) >= 11 is 5.16. The summed E-state index contributed by atoms with van der Waals surface area (Å²) in [5.41, 5.74) is 4.00. The number of nitrogens with two attached hydrogens (primary N) is 1. The number of hydrogen-bond donors (Lipinski definition) is 2. The van der Waals surface area contributed by atoms with Crippen LogP contribution >= 0.6 is 27.3 Å². The van der Waals surface area contributed by atoms with Crippen LogP contribution in [-0.4, -0.2) is 0 Å². The van der Waals surface area contributed by atoms with Crippen molar-refractivity contribution in [2.45, 2.75) is 6.04 Å². The van der Waals surface area contributed by atoms with Crippen LogP contribution in [0.5, 0.6) is 0 Å². The lowest BCUT2D eigenvalue weighted by molar-refractivity contribution is 0.646. The lowest BCUT2D eigenvalue weighted by Crippen LogP contribution is -2.28. The topological polar surface area (TPSA) is 38.0 Å². The Bertz CT molecular complexity index is 428. The maximum atomic E-state index is 5.59. The summed E-state index contributed by atoms with van der Waals surface area (Å²) in [6.45, 7) is 0. The highest BCUT2D eigenvalue weighted by Gasteiger charge is 2.12. The van der Waals surface area contributed by atoms with Crippen molar-refractivity contribution in [2.24, 2.45) is 5.84 Å². The van der Waals surface area contributed by atoms with Gasteiger partial charge in [0.15, 0.2) is 0 Å². The van der Waals surface area contributed by atoms with E-state index >= 15 is 0 Å². The van der Waals surface area contributed by atoms with Crippen LogP contribution in [0.15, 0.2) is 46.3 Å². The summed E-state index contributed by atoms with van der Waals surface area (Å²) < 4.78 is 1.07. The molecule has 4 heteroatoms. The van der Waals surface area contributed by atoms with Crippen LogP contribution in [0.4, 0.5) is 0 Å². The second kappa shape index (κ2) is 4.90. The summed E-state index contributed by atoms with van der Waals surface area (Å²) in [5, 5.41) is 2.05. The van der Waals surface area contributed by atoms with Crippen LogP contribution in [0.2, 0.25) is 0 Å². The predicted molar refractivity (Wildman–Crippen MR) is 67.6 cm³/mol. The molecule has 1 aromatic carbocycles. The van der Waals surface area contributed by atoms with E-state index in [0.717, 1.165) is 10.0 Å². The van der Waals surface area contributed by atoms with E-state index in [4.69, 9.17) is 5.84 Å². The molecule has 0 spiro atoms. The highest BCUT2D eigenvalue weighted by atomic mass is 79.9. The molecular weight excluding hydrogens is 272 g/mol. The summed E-state index contributed by atoms with van der Waals surface area (Å²) in [4.78, 5) is 1.22. The maximum Gasteiger partial charge on any atom is 0.0802 e. The van der Waals surface area contributed by atoms with Gasteiger partial charge in [0.05, 0.1) is 6.04 Å². The van der Waals surface area contributed by atoms with Crippen LogP contribution in [0.3, 0.4) is 0 Å². The fourth-order valence-corrected chi connectivity index (χ4v) is 2.71. The van der Waals surface area contributed by atoms with Crippen LogP contribution < -0.4 is 11.3 Å². The molecule has 0 amide bonds. The minimum atomic E-state index is 0.0718. The van der Waals surface area contributed by atoms with Crippen LogP contribution in [0, 0.1) is 0 Å². The second-order valence-corrected chi connectivity index (χ2v) is 5.07. The molecule has 1 atom stereocenters. The zero-order valence-electron chi connectivity index (χ0n) is 7.98. The molecule has 0 bridgehead atoms. The summed E-state index contributed by atoms with van der Waals surface area (Å²) in [6, 6.07) is 12.3. The van der Waals surface area contributed by atoms with E-state index in [9.17, 15) is 0 Å². The van der Waals surface area contributed by atoms with E-state index < -0.39 is 0 Å². The first kappa shape index (κ1) is 10.8. The van der Waals surface area contributed by atoms with Crippen molar-refractivity contribution in [1.29, 1.82) is 0 Å². The standard InChI is InChI=1S/C11H11BrN2S/c12-9-4-1-3-8(7-9)11(14-13)10-5-2-6-15-10/h1-7,11,14H,13H2. The first-order valence-corrected chi connectivity index (χ1v) is 6.23. The average molecular weight is 283 g/mol. The second-order valence-electron chi connectivity index (χ2n) is 3.17. The molecule has 2 aromatic rings. The lowest BCUT2D eigenvalue weighted by atomic mass is 10.1. The lowest BCUT2D eigenvalue weighted by Gasteiger charge is -2.14. The highest BCUT2D eigenvalue weighted by Crippen LogP contribution is 2.26. The molecule has 0 aliphatic carbocycles. The molecule has 0 aliphatic heterocycles. The molecule has 0 saturated carbocycles. The van der Waals surface area contributed by atoms with Crippen molar-refractivity contribution in [2.75, 3.05) is 0 Å². The minimum Gasteiger partial charge on any atom is -0.271 e. The SMILES string of the molecule is NNC(c1cccc(Br)c1)c1cccs1. The molecule has 2 nitrogen and oxygen atoms in total. The summed E-state index contributed by atoms with van der Waals surface area (Å²) in [6.07, 6.45) is 0. The Balaban J connectivity index is 2.35. The Morgan fingerprint density at radius 3 is 2.73 bits per heavy atom. The molecule has 0 aliphatic rings. The maximum absolute atomic E-state index is 5.59. The molecule has 1 unspecified atom stereocenters. The van der Waals surface area contributed by atoms with Gasteiger partial charge in [-0.25, -0.2) is 5.43 Å². The van der Waals surface area contributed by atoms with Crippen LogP contribution in [0.1, 0.15) is 16.5 Å². The van der Waals surface area contributed by atoms with Gasteiger partial charge in [-0.05, 0) is 29.1 Å². The first-order valence-electron chi connectivity index (χ1n) is 4.56. The molecular formula is C11H11BrN2S. The van der Waals surface area contributed by atoms with Crippen LogP contribution in [0.25, 0.3) is 0 Å². The fourth-order valence-electron chi connectivity index (χ4n) is 1.48. The summed E-state index contributed by atoms with van der Waals surface area (Å²) in [7, 11) is 0. The van der Waals surface area contributed by atoms with Crippen LogP contribution in [-0.2, 0) is 0 Å². The van der Waals surface area contributed by atoms with Crippen molar-refractivity contribution in [3.8, 4) is 0 Å². The molecule has 1 heterocycles. The summed E-state index contributed by atoms with van der Waals surface area (Å²) in [5.74, 6) is 5.59. The number of thiophene rings is 1. The van der Waals surface area contributed by atoms with Gasteiger partial charge in [-0.15, -0.1) is 11.3 Å². The Morgan fingerprint density at radius 1 is 1.27 bits per heavy atom. The van der Waals surface area contributed by atoms with E-state index in [1.807, 2.05) is 18.2 Å². The van der Waals surface area contributed by atoms with E-state index in [1.165, 1.54) is 4.88 Å². The van der Waals surface area contributed by atoms with Gasteiger partial charge < -0.3 is 0 Å². The van der Waals surface area contributed by atoms with Gasteiger partial charge in [0.25, 0.3) is 0 Å². The molecule has 1 aromatic heterocycles. The van der Waals surface area contributed by atoms with Gasteiger partial charge >= 0.3 is 0 Å². The number of halogens is 1. The van der Waals surface area contributed by atoms with E-state index in [2.05, 4.69) is 44.9 Å². The normalized spacial score (nSPS) is 12.7. The van der Waals surface area contributed by atoms with E-state index in [1.54, 1.807) is 11.3 Å². The van der Waals surface area contributed by atoms with Gasteiger partial charge in [-0.2, -0.15) is 0 Å². The average Bonchev–Trinajstić information content (AvgIpc) is 2.72. The Morgan fingerprint density at radius 2 is 2.13 bits per heavy atom. The minimum absolute atomic E-state index is 0.0718. The highest BCUT2D eigenvalue weighted by molar-refractivity contribution is 9.10. The third kappa shape index (κ3) is 2.46. The predicted octanol–water partition coefficient (Wildman–Crippen LogP) is 3.06. The number of nitrogens with one attached hydrogen (secondary N) is 1. The van der Waals surface area contributed by atoms with Crippen molar-refractivity contribution in [3.63, 3.8) is 0 Å². The Labute approximate surface area is 101 Å². The van der Waals surface area contributed by atoms with Crippen molar-refractivity contribution in [3.05, 3.63) is 56.7 Å². The fraction of sp³-hybridized carbons (Fsp3) is 0.0909. The largest absolute Gasteiger partial charge is 0.271 e. The van der Waals surface area contributed by atoms with E-state index in [0.29, 0.717) is 0 Å². The van der Waals surface area contributed by atoms with Gasteiger partial charge in [0.2, 0.25) is 0 Å². The third-order valence-corrected chi connectivity index (χ3v) is 3.61. The molecule has 3 N–H and O–H groups in total. The molecule has 2 rings (SSSR count). The van der Waals surface area contributed by atoms with Gasteiger partial charge in [0, 0.05) is 9.35 Å². The molecule has 0 fully saturated rings. The van der Waals surface area contributed by atoms with Gasteiger partial charge in [-0.3, -0.25) is 5.84 Å². The Hall–Kier alpha value is -0.680. The number of hydrogen-bond acceptors (Lipinski definition) is 3. The molecule has 0 radical (unpaired) electrons. The van der Waals surface area contributed by atoms with Crippen molar-refractivity contribution >= 4 is 27.3 Å².